The Balaban J connectivity index is 1.35. The summed E-state index contributed by atoms with van der Waals surface area (Å²) in [6.45, 7) is 4.60. The molecule has 0 radical (unpaired) electrons. The number of halogens is 4. The van der Waals surface area contributed by atoms with Crippen LogP contribution in [0.4, 0.5) is 4.39 Å². The van der Waals surface area contributed by atoms with Gasteiger partial charge < -0.3 is 4.74 Å². The first-order valence-electron chi connectivity index (χ1n) is 10.7. The fraction of sp³-hybridized carbons (Fsp3) is 0.458. The summed E-state index contributed by atoms with van der Waals surface area (Å²) in [5.74, 6) is 0.655. The van der Waals surface area contributed by atoms with Gasteiger partial charge in [-0.15, -0.1) is 0 Å². The highest BCUT2D eigenvalue weighted by Crippen LogP contribution is 2.45. The molecule has 0 aromatic heterocycles. The molecule has 2 aromatic carbocycles. The van der Waals surface area contributed by atoms with Gasteiger partial charge in [0.1, 0.15) is 11.6 Å². The molecule has 1 saturated carbocycles. The van der Waals surface area contributed by atoms with Crippen molar-refractivity contribution in [3.63, 3.8) is 0 Å². The lowest BCUT2D eigenvalue weighted by atomic mass is 9.95. The lowest BCUT2D eigenvalue weighted by Gasteiger charge is -2.36. The van der Waals surface area contributed by atoms with E-state index in [0.29, 0.717) is 34.2 Å². The molecule has 31 heavy (non-hydrogen) atoms. The second-order valence-electron chi connectivity index (χ2n) is 8.59. The molecule has 3 nitrogen and oxygen atoms in total. The van der Waals surface area contributed by atoms with Gasteiger partial charge in [0, 0.05) is 22.2 Å². The van der Waals surface area contributed by atoms with Crippen LogP contribution < -0.4 is 4.74 Å². The molecular weight excluding hydrogens is 460 g/mol. The zero-order valence-corrected chi connectivity index (χ0v) is 19.6. The Bertz CT molecular complexity index is 951. The highest BCUT2D eigenvalue weighted by molar-refractivity contribution is 6.67. The van der Waals surface area contributed by atoms with E-state index < -0.39 is 11.1 Å². The number of likely N-dealkylation sites (tertiary alicyclic amines) is 1. The topological polar surface area (TPSA) is 29.5 Å². The lowest BCUT2D eigenvalue weighted by molar-refractivity contribution is 0.107. The molecule has 2 aliphatic rings. The summed E-state index contributed by atoms with van der Waals surface area (Å²) >= 11 is 17.8. The highest BCUT2D eigenvalue weighted by atomic mass is 35.5. The molecule has 7 heteroatoms. The molecular formula is C24H25Cl3FNO2. The third-order valence-corrected chi connectivity index (χ3v) is 7.01. The summed E-state index contributed by atoms with van der Waals surface area (Å²) in [7, 11) is 0. The summed E-state index contributed by atoms with van der Waals surface area (Å²) in [4.78, 5) is 13.9. The van der Waals surface area contributed by atoms with E-state index in [1.54, 1.807) is 12.1 Å². The van der Waals surface area contributed by atoms with Gasteiger partial charge in [0.15, 0.2) is 0 Å². The van der Waals surface area contributed by atoms with Crippen molar-refractivity contribution in [1.82, 2.24) is 4.90 Å². The van der Waals surface area contributed by atoms with Gasteiger partial charge in [0.2, 0.25) is 0 Å². The van der Waals surface area contributed by atoms with Gasteiger partial charge in [-0.3, -0.25) is 9.69 Å². The Morgan fingerprint density at radius 3 is 2.32 bits per heavy atom. The molecule has 1 aliphatic carbocycles. The van der Waals surface area contributed by atoms with E-state index in [4.69, 9.17) is 39.5 Å². The van der Waals surface area contributed by atoms with E-state index >= 15 is 0 Å². The van der Waals surface area contributed by atoms with E-state index in [-0.39, 0.29) is 11.6 Å². The van der Waals surface area contributed by atoms with Crippen LogP contribution in [-0.2, 0) is 0 Å². The number of piperidine rings is 1. The number of hydrogen-bond donors (Lipinski definition) is 0. The minimum Gasteiger partial charge on any atom is -0.493 e. The average molecular weight is 485 g/mol. The van der Waals surface area contributed by atoms with E-state index in [1.165, 1.54) is 6.07 Å². The number of carbonyl (C=O) groups is 1. The maximum Gasteiger partial charge on any atom is 0.255 e. The van der Waals surface area contributed by atoms with Crippen LogP contribution in [0.15, 0.2) is 30.3 Å². The van der Waals surface area contributed by atoms with Crippen LogP contribution in [0.3, 0.4) is 0 Å². The quantitative estimate of drug-likeness (QED) is 0.388. The Morgan fingerprint density at radius 1 is 1.10 bits per heavy atom. The van der Waals surface area contributed by atoms with E-state index in [2.05, 4.69) is 11.8 Å². The van der Waals surface area contributed by atoms with Crippen molar-refractivity contribution in [3.8, 4) is 5.75 Å². The molecule has 1 heterocycles. The van der Waals surface area contributed by atoms with Crippen molar-refractivity contribution < 1.29 is 13.9 Å². The first-order valence-corrected chi connectivity index (χ1v) is 11.8. The van der Waals surface area contributed by atoms with Crippen molar-refractivity contribution >= 4 is 40.0 Å². The molecule has 0 N–H and O–H groups in total. The number of ether oxygens (including phenoxy) is 1. The largest absolute Gasteiger partial charge is 0.493 e. The molecule has 1 unspecified atom stereocenters. The summed E-state index contributed by atoms with van der Waals surface area (Å²) in [5.41, 5.74) is 1.94. The average Bonchev–Trinajstić information content (AvgIpc) is 3.56. The SMILES string of the molecule is CC(c1cc(Cl)cc(Cl)c1)N1CCC(COc2cc(F)c(C(=O)Cl)cc2C2CC2)CC1. The van der Waals surface area contributed by atoms with E-state index in [0.717, 1.165) is 49.9 Å². The Morgan fingerprint density at radius 2 is 1.74 bits per heavy atom. The van der Waals surface area contributed by atoms with Gasteiger partial charge in [-0.1, -0.05) is 23.2 Å². The summed E-state index contributed by atoms with van der Waals surface area (Å²) < 4.78 is 20.3. The second kappa shape index (κ2) is 9.66. The molecule has 166 valence electrons. The van der Waals surface area contributed by atoms with Crippen LogP contribution in [0.2, 0.25) is 10.0 Å². The van der Waals surface area contributed by atoms with Crippen LogP contribution in [0.1, 0.15) is 66.1 Å². The van der Waals surface area contributed by atoms with Crippen molar-refractivity contribution in [1.29, 1.82) is 0 Å². The third-order valence-electron chi connectivity index (χ3n) is 6.37. The maximum absolute atomic E-state index is 14.3. The van der Waals surface area contributed by atoms with Gasteiger partial charge in [-0.2, -0.15) is 0 Å². The van der Waals surface area contributed by atoms with Gasteiger partial charge >= 0.3 is 0 Å². The van der Waals surface area contributed by atoms with Gasteiger partial charge in [-0.05, 0) is 105 Å². The van der Waals surface area contributed by atoms with E-state index in [9.17, 15) is 9.18 Å². The minimum atomic E-state index is -0.770. The van der Waals surface area contributed by atoms with Crippen LogP contribution in [0.5, 0.6) is 5.75 Å². The first kappa shape index (κ1) is 22.8. The van der Waals surface area contributed by atoms with Gasteiger partial charge in [0.05, 0.1) is 12.2 Å². The molecule has 4 rings (SSSR count). The number of nitrogens with zero attached hydrogens (tertiary/aromatic N) is 1. The zero-order chi connectivity index (χ0) is 22.1. The number of hydrogen-bond acceptors (Lipinski definition) is 3. The molecule has 1 aliphatic heterocycles. The fourth-order valence-corrected chi connectivity index (χ4v) is 4.99. The highest BCUT2D eigenvalue weighted by Gasteiger charge is 2.30. The molecule has 0 bridgehead atoms. The summed E-state index contributed by atoms with van der Waals surface area (Å²) in [6.07, 6.45) is 4.06. The Labute approximate surface area is 197 Å². The number of carbonyl (C=O) groups excluding carboxylic acids is 1. The molecule has 2 fully saturated rings. The summed E-state index contributed by atoms with van der Waals surface area (Å²) in [5, 5.41) is 0.532. The molecule has 1 saturated heterocycles. The summed E-state index contributed by atoms with van der Waals surface area (Å²) in [6, 6.07) is 8.81. The fourth-order valence-electron chi connectivity index (χ4n) is 4.30. The standard InChI is InChI=1S/C24H25Cl3FNO2/c1-14(17-8-18(25)10-19(26)9-17)29-6-4-15(5-7-29)13-31-23-12-22(28)21(24(27)30)11-20(23)16-2-3-16/h8-12,14-16H,2-7,13H2,1H3. The molecule has 1 atom stereocenters. The first-order chi connectivity index (χ1) is 14.8. The molecule has 2 aromatic rings. The lowest BCUT2D eigenvalue weighted by Crippen LogP contribution is -2.37. The van der Waals surface area contributed by atoms with Crippen LogP contribution >= 0.6 is 34.8 Å². The monoisotopic (exact) mass is 483 g/mol. The van der Waals surface area contributed by atoms with Crippen LogP contribution in [0.25, 0.3) is 0 Å². The third kappa shape index (κ3) is 5.54. The molecule has 0 spiro atoms. The van der Waals surface area contributed by atoms with Crippen LogP contribution in [-0.4, -0.2) is 29.8 Å². The maximum atomic E-state index is 14.3. The van der Waals surface area contributed by atoms with E-state index in [1.807, 2.05) is 12.1 Å². The van der Waals surface area contributed by atoms with Crippen molar-refractivity contribution in [2.75, 3.05) is 19.7 Å². The smallest absolute Gasteiger partial charge is 0.255 e. The second-order valence-corrected chi connectivity index (χ2v) is 9.80. The van der Waals surface area contributed by atoms with Crippen molar-refractivity contribution in [2.45, 2.75) is 44.6 Å². The number of rotatable bonds is 7. The Kier molecular flexibility index (Phi) is 7.12. The van der Waals surface area contributed by atoms with Gasteiger partial charge in [0.25, 0.3) is 5.24 Å². The Hall–Kier alpha value is -1.33. The predicted molar refractivity (Wildman–Crippen MR) is 123 cm³/mol. The minimum absolute atomic E-state index is 0.0701. The predicted octanol–water partition coefficient (Wildman–Crippen LogP) is 7.24. The zero-order valence-electron chi connectivity index (χ0n) is 17.3. The van der Waals surface area contributed by atoms with Gasteiger partial charge in [-0.25, -0.2) is 4.39 Å². The van der Waals surface area contributed by atoms with Crippen molar-refractivity contribution in [2.24, 2.45) is 5.92 Å². The molecule has 0 amide bonds. The number of benzene rings is 2. The van der Waals surface area contributed by atoms with Crippen LogP contribution in [0, 0.1) is 11.7 Å². The normalized spacial score (nSPS) is 18.7. The van der Waals surface area contributed by atoms with Crippen molar-refractivity contribution in [3.05, 3.63) is 62.9 Å².